The Bertz CT molecular complexity index is 732. The van der Waals surface area contributed by atoms with E-state index in [9.17, 15) is 9.59 Å². The molecule has 0 fully saturated rings. The minimum atomic E-state index is -0.225. The van der Waals surface area contributed by atoms with Crippen molar-refractivity contribution in [3.8, 4) is 0 Å². The summed E-state index contributed by atoms with van der Waals surface area (Å²) < 4.78 is 2.02. The summed E-state index contributed by atoms with van der Waals surface area (Å²) in [5.41, 5.74) is 2.27. The van der Waals surface area contributed by atoms with Crippen molar-refractivity contribution >= 4 is 56.0 Å². The van der Waals surface area contributed by atoms with Crippen LogP contribution in [0.5, 0.6) is 0 Å². The van der Waals surface area contributed by atoms with Gasteiger partial charge in [0, 0.05) is 26.3 Å². The van der Waals surface area contributed by atoms with E-state index in [2.05, 4.69) is 43.8 Å². The monoisotopic (exact) mass is 486 g/mol. The van der Waals surface area contributed by atoms with E-state index in [0.717, 1.165) is 19.3 Å². The highest BCUT2D eigenvalue weighted by atomic mass is 127. The van der Waals surface area contributed by atoms with Crippen LogP contribution < -0.4 is 5.32 Å². The summed E-state index contributed by atoms with van der Waals surface area (Å²) in [4.78, 5) is 25.8. The normalized spacial score (nSPS) is 10.3. The van der Waals surface area contributed by atoms with Crippen LogP contribution in [-0.2, 0) is 4.79 Å². The van der Waals surface area contributed by atoms with Crippen molar-refractivity contribution in [3.05, 3.63) is 61.6 Å². The highest BCUT2D eigenvalue weighted by molar-refractivity contribution is 14.1. The summed E-state index contributed by atoms with van der Waals surface area (Å²) in [6.45, 7) is 1.92. The average Bonchev–Trinajstić information content (AvgIpc) is 2.50. The fourth-order valence-corrected chi connectivity index (χ4v) is 2.89. The number of hydrogen-bond donors (Lipinski definition) is 1. The summed E-state index contributed by atoms with van der Waals surface area (Å²) >= 11 is 5.57. The van der Waals surface area contributed by atoms with Gasteiger partial charge in [0.2, 0.25) is 5.91 Å². The molecule has 0 atom stereocenters. The Kier molecular flexibility index (Phi) is 6.17. The second-order valence-corrected chi connectivity index (χ2v) is 7.34. The molecule has 0 aliphatic carbocycles. The minimum absolute atomic E-state index is 0.000321. The van der Waals surface area contributed by atoms with Gasteiger partial charge in [-0.05, 0) is 77.5 Å². The third kappa shape index (κ3) is 5.04. The molecular formula is C17H16BrIN2O2. The number of hydrogen-bond acceptors (Lipinski definition) is 2. The first-order chi connectivity index (χ1) is 10.9. The van der Waals surface area contributed by atoms with Crippen LogP contribution in [0.2, 0.25) is 0 Å². The molecule has 0 aromatic heterocycles. The average molecular weight is 487 g/mol. The van der Waals surface area contributed by atoms with E-state index in [0.29, 0.717) is 5.56 Å². The molecule has 2 amide bonds. The summed E-state index contributed by atoms with van der Waals surface area (Å²) in [5.74, 6) is -0.402. The lowest BCUT2D eigenvalue weighted by Gasteiger charge is -2.17. The van der Waals surface area contributed by atoms with Gasteiger partial charge in [0.25, 0.3) is 5.91 Å². The second kappa shape index (κ2) is 7.92. The van der Waals surface area contributed by atoms with Crippen molar-refractivity contribution in [2.45, 2.75) is 6.92 Å². The fourth-order valence-electron chi connectivity index (χ4n) is 2.06. The zero-order valence-corrected chi connectivity index (χ0v) is 16.5. The van der Waals surface area contributed by atoms with E-state index >= 15 is 0 Å². The van der Waals surface area contributed by atoms with E-state index in [4.69, 9.17) is 0 Å². The van der Waals surface area contributed by atoms with Crippen LogP contribution in [0, 0.1) is 10.5 Å². The van der Waals surface area contributed by atoms with Gasteiger partial charge in [-0.25, -0.2) is 0 Å². The number of likely N-dealkylation sites (N-methyl/N-ethyl adjacent to an activating group) is 1. The van der Waals surface area contributed by atoms with Crippen molar-refractivity contribution in [1.82, 2.24) is 4.90 Å². The molecule has 0 aliphatic rings. The topological polar surface area (TPSA) is 49.4 Å². The summed E-state index contributed by atoms with van der Waals surface area (Å²) in [7, 11) is 1.62. The van der Waals surface area contributed by atoms with Crippen molar-refractivity contribution in [3.63, 3.8) is 0 Å². The highest BCUT2D eigenvalue weighted by Crippen LogP contribution is 2.20. The van der Waals surface area contributed by atoms with Gasteiger partial charge < -0.3 is 10.2 Å². The van der Waals surface area contributed by atoms with E-state index in [1.165, 1.54) is 4.90 Å². The number of rotatable bonds is 4. The number of carbonyl (C=O) groups excluding carboxylic acids is 2. The SMILES string of the molecule is Cc1cc(Br)ccc1NC(=O)CN(C)C(=O)c1ccc(I)cc1. The Labute approximate surface area is 157 Å². The molecule has 0 spiro atoms. The van der Waals surface area contributed by atoms with Crippen LogP contribution in [0.15, 0.2) is 46.9 Å². The van der Waals surface area contributed by atoms with E-state index in [-0.39, 0.29) is 18.4 Å². The molecule has 2 aromatic rings. The molecule has 0 saturated heterocycles. The standard InChI is InChI=1S/C17H16BrIN2O2/c1-11-9-13(18)5-8-15(11)20-16(22)10-21(2)17(23)12-3-6-14(19)7-4-12/h3-9H,10H2,1-2H3,(H,20,22). The maximum atomic E-state index is 12.3. The molecule has 4 nitrogen and oxygen atoms in total. The molecule has 0 aliphatic heterocycles. The first-order valence-corrected chi connectivity index (χ1v) is 8.81. The van der Waals surface area contributed by atoms with Gasteiger partial charge in [-0.1, -0.05) is 15.9 Å². The van der Waals surface area contributed by atoms with Crippen molar-refractivity contribution in [2.75, 3.05) is 18.9 Å². The van der Waals surface area contributed by atoms with Crippen molar-refractivity contribution in [1.29, 1.82) is 0 Å². The lowest BCUT2D eigenvalue weighted by atomic mass is 10.2. The third-order valence-corrected chi connectivity index (χ3v) is 4.49. The molecule has 2 aromatic carbocycles. The molecule has 120 valence electrons. The molecule has 0 unspecified atom stereocenters. The third-order valence-electron chi connectivity index (χ3n) is 3.28. The molecular weight excluding hydrogens is 471 g/mol. The van der Waals surface area contributed by atoms with Gasteiger partial charge >= 0.3 is 0 Å². The predicted molar refractivity (Wildman–Crippen MR) is 104 cm³/mol. The smallest absolute Gasteiger partial charge is 0.254 e. The Balaban J connectivity index is 1.99. The van der Waals surface area contributed by atoms with Crippen molar-refractivity contribution < 1.29 is 9.59 Å². The van der Waals surface area contributed by atoms with Crippen LogP contribution in [0.3, 0.4) is 0 Å². The molecule has 23 heavy (non-hydrogen) atoms. The first kappa shape index (κ1) is 17.9. The minimum Gasteiger partial charge on any atom is -0.332 e. The first-order valence-electron chi connectivity index (χ1n) is 6.94. The lowest BCUT2D eigenvalue weighted by Crippen LogP contribution is -2.35. The predicted octanol–water partition coefficient (Wildman–Crippen LogP) is 4.07. The zero-order chi connectivity index (χ0) is 17.0. The number of nitrogens with one attached hydrogen (secondary N) is 1. The van der Waals surface area contributed by atoms with Gasteiger partial charge in [-0.2, -0.15) is 0 Å². The van der Waals surface area contributed by atoms with Gasteiger partial charge in [-0.3, -0.25) is 9.59 Å². The molecule has 2 rings (SSSR count). The van der Waals surface area contributed by atoms with Gasteiger partial charge in [0.1, 0.15) is 0 Å². The molecule has 6 heteroatoms. The van der Waals surface area contributed by atoms with Crippen LogP contribution in [-0.4, -0.2) is 30.3 Å². The molecule has 0 radical (unpaired) electrons. The Morgan fingerprint density at radius 2 is 1.83 bits per heavy atom. The summed E-state index contributed by atoms with van der Waals surface area (Å²) in [6.07, 6.45) is 0. The number of nitrogens with zero attached hydrogens (tertiary/aromatic N) is 1. The van der Waals surface area contributed by atoms with E-state index in [1.807, 2.05) is 37.3 Å². The Morgan fingerprint density at radius 3 is 2.43 bits per heavy atom. The summed E-state index contributed by atoms with van der Waals surface area (Å²) in [5, 5.41) is 2.83. The fraction of sp³-hybridized carbons (Fsp3) is 0.176. The molecule has 0 bridgehead atoms. The van der Waals surface area contributed by atoms with Crippen LogP contribution >= 0.6 is 38.5 Å². The van der Waals surface area contributed by atoms with Crippen LogP contribution in [0.4, 0.5) is 5.69 Å². The van der Waals surface area contributed by atoms with Gasteiger partial charge in [0.15, 0.2) is 0 Å². The maximum Gasteiger partial charge on any atom is 0.254 e. The molecule has 0 saturated carbocycles. The van der Waals surface area contributed by atoms with Crippen molar-refractivity contribution in [2.24, 2.45) is 0 Å². The van der Waals surface area contributed by atoms with E-state index in [1.54, 1.807) is 19.2 Å². The number of anilines is 1. The Morgan fingerprint density at radius 1 is 1.17 bits per heavy atom. The second-order valence-electron chi connectivity index (χ2n) is 5.18. The quantitative estimate of drug-likeness (QED) is 0.662. The molecule has 0 heterocycles. The van der Waals surface area contributed by atoms with Crippen LogP contribution in [0.1, 0.15) is 15.9 Å². The molecule has 1 N–H and O–H groups in total. The van der Waals surface area contributed by atoms with E-state index < -0.39 is 0 Å². The number of benzene rings is 2. The number of halogens is 2. The Hall–Kier alpha value is -1.41. The summed E-state index contributed by atoms with van der Waals surface area (Å²) in [6, 6.07) is 12.9. The van der Waals surface area contributed by atoms with Gasteiger partial charge in [-0.15, -0.1) is 0 Å². The number of carbonyl (C=O) groups is 2. The lowest BCUT2D eigenvalue weighted by molar-refractivity contribution is -0.116. The maximum absolute atomic E-state index is 12.3. The van der Waals surface area contributed by atoms with Gasteiger partial charge in [0.05, 0.1) is 6.54 Å². The zero-order valence-electron chi connectivity index (χ0n) is 12.8. The number of amides is 2. The number of aryl methyl sites for hydroxylation is 1. The largest absolute Gasteiger partial charge is 0.332 e. The highest BCUT2D eigenvalue weighted by Gasteiger charge is 2.15. The van der Waals surface area contributed by atoms with Crippen LogP contribution in [0.25, 0.3) is 0 Å².